The Kier molecular flexibility index (Phi) is 6.40. The van der Waals surface area contributed by atoms with Gasteiger partial charge in [-0.25, -0.2) is 0 Å². The van der Waals surface area contributed by atoms with Crippen LogP contribution in [-0.4, -0.2) is 51.1 Å². The fraction of sp³-hybridized carbons (Fsp3) is 0.462. The van der Waals surface area contributed by atoms with Gasteiger partial charge in [-0.05, 0) is 60.4 Å². The molecule has 2 aliphatic heterocycles. The Morgan fingerprint density at radius 2 is 1.00 bits per heavy atom. The molecule has 2 atom stereocenters. The molecular formula is C26H34N4O2. The van der Waals surface area contributed by atoms with Crippen molar-refractivity contribution >= 4 is 23.0 Å². The summed E-state index contributed by atoms with van der Waals surface area (Å²) in [7, 11) is 3.39. The molecule has 0 bridgehead atoms. The Labute approximate surface area is 191 Å². The van der Waals surface area contributed by atoms with Crippen LogP contribution in [0.2, 0.25) is 0 Å². The van der Waals surface area contributed by atoms with E-state index in [1.807, 2.05) is 24.3 Å². The molecule has 2 aromatic rings. The van der Waals surface area contributed by atoms with E-state index < -0.39 is 0 Å². The number of anilines is 2. The summed E-state index contributed by atoms with van der Waals surface area (Å²) in [6, 6.07) is 16.9. The lowest BCUT2D eigenvalue weighted by Crippen LogP contribution is -2.42. The predicted molar refractivity (Wildman–Crippen MR) is 133 cm³/mol. The number of aliphatic imine (C=N–C) groups is 2. The van der Waals surface area contributed by atoms with E-state index in [1.165, 1.54) is 0 Å². The second-order valence-electron chi connectivity index (χ2n) is 9.15. The monoisotopic (exact) mass is 434 g/mol. The van der Waals surface area contributed by atoms with Crippen LogP contribution < -0.4 is 19.3 Å². The van der Waals surface area contributed by atoms with Crippen molar-refractivity contribution in [2.75, 3.05) is 37.1 Å². The largest absolute Gasteiger partial charge is 0.497 e. The molecule has 2 aromatic carbocycles. The van der Waals surface area contributed by atoms with Gasteiger partial charge in [-0.2, -0.15) is 0 Å². The molecular weight excluding hydrogens is 400 g/mol. The van der Waals surface area contributed by atoms with Crippen molar-refractivity contribution in [2.24, 2.45) is 21.8 Å². The number of ether oxygens (including phenoxy) is 2. The molecule has 2 unspecified atom stereocenters. The van der Waals surface area contributed by atoms with Crippen LogP contribution >= 0.6 is 0 Å². The highest BCUT2D eigenvalue weighted by Crippen LogP contribution is 2.31. The molecule has 0 saturated heterocycles. The first-order chi connectivity index (χ1) is 15.4. The van der Waals surface area contributed by atoms with E-state index in [1.54, 1.807) is 14.2 Å². The van der Waals surface area contributed by atoms with Crippen molar-refractivity contribution in [1.29, 1.82) is 0 Å². The van der Waals surface area contributed by atoms with E-state index in [4.69, 9.17) is 19.5 Å². The van der Waals surface area contributed by atoms with E-state index in [0.717, 1.165) is 47.6 Å². The first-order valence-corrected chi connectivity index (χ1v) is 11.4. The zero-order valence-corrected chi connectivity index (χ0v) is 19.9. The quantitative estimate of drug-likeness (QED) is 0.623. The van der Waals surface area contributed by atoms with Crippen molar-refractivity contribution in [2.45, 2.75) is 39.8 Å². The smallest absolute Gasteiger partial charge is 0.172 e. The average Bonchev–Trinajstić information content (AvgIpc) is 3.44. The second-order valence-corrected chi connectivity index (χ2v) is 9.15. The van der Waals surface area contributed by atoms with Crippen molar-refractivity contribution in [3.8, 4) is 11.5 Å². The van der Waals surface area contributed by atoms with Gasteiger partial charge in [0.1, 0.15) is 11.5 Å². The van der Waals surface area contributed by atoms with Gasteiger partial charge >= 0.3 is 0 Å². The van der Waals surface area contributed by atoms with E-state index >= 15 is 0 Å². The standard InChI is InChI=1S/C26H34N4O2/c1-17(2)23-15-29(19-7-11-21(31-5)12-8-19)25(27-23)26-28-24(18(3)4)16-30(26)20-9-13-22(32-6)14-10-20/h7-14,17-18,23-24H,15-16H2,1-6H3. The molecule has 170 valence electrons. The highest BCUT2D eigenvalue weighted by atomic mass is 16.5. The summed E-state index contributed by atoms with van der Waals surface area (Å²) >= 11 is 0. The molecule has 0 aromatic heterocycles. The minimum absolute atomic E-state index is 0.227. The van der Waals surface area contributed by atoms with Gasteiger partial charge < -0.3 is 19.3 Å². The molecule has 32 heavy (non-hydrogen) atoms. The van der Waals surface area contributed by atoms with E-state index in [-0.39, 0.29) is 12.1 Å². The summed E-state index contributed by atoms with van der Waals surface area (Å²) in [5.41, 5.74) is 2.22. The van der Waals surface area contributed by atoms with Gasteiger partial charge in [0.15, 0.2) is 11.7 Å². The summed E-state index contributed by atoms with van der Waals surface area (Å²) in [6.45, 7) is 10.6. The molecule has 0 radical (unpaired) electrons. The number of benzene rings is 2. The van der Waals surface area contributed by atoms with Crippen molar-refractivity contribution in [3.63, 3.8) is 0 Å². The number of amidine groups is 2. The van der Waals surface area contributed by atoms with Crippen molar-refractivity contribution in [3.05, 3.63) is 48.5 Å². The zero-order chi connectivity index (χ0) is 22.8. The van der Waals surface area contributed by atoms with E-state index in [2.05, 4.69) is 61.8 Å². The lowest BCUT2D eigenvalue weighted by molar-refractivity contribution is 0.414. The molecule has 6 nitrogen and oxygen atoms in total. The molecule has 2 heterocycles. The van der Waals surface area contributed by atoms with E-state index in [0.29, 0.717) is 11.8 Å². The van der Waals surface area contributed by atoms with Crippen LogP contribution in [0.4, 0.5) is 11.4 Å². The summed E-state index contributed by atoms with van der Waals surface area (Å²) in [5, 5.41) is 0. The molecule has 4 rings (SSSR count). The number of rotatable bonds is 7. The lowest BCUT2D eigenvalue weighted by atomic mass is 10.1. The van der Waals surface area contributed by atoms with Crippen LogP contribution in [0, 0.1) is 11.8 Å². The normalized spacial score (nSPS) is 20.8. The molecule has 0 aliphatic carbocycles. The number of nitrogens with zero attached hydrogens (tertiary/aromatic N) is 4. The average molecular weight is 435 g/mol. The van der Waals surface area contributed by atoms with Crippen LogP contribution in [0.1, 0.15) is 27.7 Å². The fourth-order valence-electron chi connectivity index (χ4n) is 4.14. The van der Waals surface area contributed by atoms with Crippen LogP contribution in [0.25, 0.3) is 0 Å². The van der Waals surface area contributed by atoms with Gasteiger partial charge in [-0.15, -0.1) is 0 Å². The van der Waals surface area contributed by atoms with Crippen molar-refractivity contribution < 1.29 is 9.47 Å². The molecule has 0 amide bonds. The molecule has 0 fully saturated rings. The summed E-state index contributed by atoms with van der Waals surface area (Å²) in [6.07, 6.45) is 0. The Morgan fingerprint density at radius 3 is 1.28 bits per heavy atom. The lowest BCUT2D eigenvalue weighted by Gasteiger charge is -2.27. The highest BCUT2D eigenvalue weighted by molar-refractivity contribution is 6.50. The molecule has 0 saturated carbocycles. The summed E-state index contributed by atoms with van der Waals surface area (Å²) in [4.78, 5) is 15.0. The SMILES string of the molecule is COc1ccc(N2CC(C(C)C)N=C2C2=NC(C(C)C)CN2c2ccc(OC)cc2)cc1. The summed E-state index contributed by atoms with van der Waals surface area (Å²) < 4.78 is 10.7. The third-order valence-corrected chi connectivity index (χ3v) is 6.33. The first kappa shape index (κ1) is 22.2. The third-order valence-electron chi connectivity index (χ3n) is 6.33. The molecule has 0 N–H and O–H groups in total. The topological polar surface area (TPSA) is 49.7 Å². The maximum Gasteiger partial charge on any atom is 0.172 e. The van der Waals surface area contributed by atoms with Gasteiger partial charge in [0.05, 0.1) is 26.3 Å². The number of hydrogen-bond donors (Lipinski definition) is 0. The first-order valence-electron chi connectivity index (χ1n) is 11.4. The van der Waals surface area contributed by atoms with Gasteiger partial charge in [0.25, 0.3) is 0 Å². The number of methoxy groups -OCH3 is 2. The Hall–Kier alpha value is -3.02. The zero-order valence-electron chi connectivity index (χ0n) is 19.9. The van der Waals surface area contributed by atoms with Crippen molar-refractivity contribution in [1.82, 2.24) is 0 Å². The van der Waals surface area contributed by atoms with Gasteiger partial charge in [-0.1, -0.05) is 27.7 Å². The van der Waals surface area contributed by atoms with E-state index in [9.17, 15) is 0 Å². The van der Waals surface area contributed by atoms with Crippen LogP contribution in [-0.2, 0) is 0 Å². The van der Waals surface area contributed by atoms with Gasteiger partial charge in [0.2, 0.25) is 0 Å². The Bertz CT molecular complexity index is 898. The molecule has 6 heteroatoms. The Balaban J connectivity index is 1.74. The molecule has 0 spiro atoms. The van der Waals surface area contributed by atoms with Crippen LogP contribution in [0.3, 0.4) is 0 Å². The fourth-order valence-corrected chi connectivity index (χ4v) is 4.14. The third kappa shape index (κ3) is 4.31. The van der Waals surface area contributed by atoms with Gasteiger partial charge in [-0.3, -0.25) is 9.98 Å². The van der Waals surface area contributed by atoms with Crippen LogP contribution in [0.15, 0.2) is 58.5 Å². The minimum Gasteiger partial charge on any atom is -0.497 e. The number of hydrogen-bond acceptors (Lipinski definition) is 6. The second kappa shape index (κ2) is 9.23. The maximum atomic E-state index is 5.36. The highest BCUT2D eigenvalue weighted by Gasteiger charge is 2.38. The van der Waals surface area contributed by atoms with Gasteiger partial charge in [0, 0.05) is 24.5 Å². The predicted octanol–water partition coefficient (Wildman–Crippen LogP) is 4.89. The minimum atomic E-state index is 0.227. The Morgan fingerprint density at radius 1 is 0.656 bits per heavy atom. The molecule has 2 aliphatic rings. The summed E-state index contributed by atoms with van der Waals surface area (Å²) in [5.74, 6) is 4.51. The maximum absolute atomic E-state index is 5.36. The van der Waals surface area contributed by atoms with Crippen LogP contribution in [0.5, 0.6) is 11.5 Å².